The molecule has 0 aliphatic heterocycles. The van der Waals surface area contributed by atoms with Crippen molar-refractivity contribution < 1.29 is 20.1 Å². The van der Waals surface area contributed by atoms with Crippen LogP contribution < -0.4 is 5.30 Å². The first-order valence-electron chi connectivity index (χ1n) is 9.27. The van der Waals surface area contributed by atoms with Crippen molar-refractivity contribution in [3.8, 4) is 22.5 Å². The van der Waals surface area contributed by atoms with Gasteiger partial charge in [-0.3, -0.25) is 0 Å². The van der Waals surface area contributed by atoms with Crippen LogP contribution in [-0.4, -0.2) is 30.0 Å². The van der Waals surface area contributed by atoms with E-state index in [4.69, 9.17) is 0 Å². The van der Waals surface area contributed by atoms with Crippen molar-refractivity contribution in [1.82, 2.24) is 9.97 Å². The molecular formula is C25H23BrIrN2P-. The molecule has 155 valence electrons. The van der Waals surface area contributed by atoms with Gasteiger partial charge in [-0.2, -0.15) is 0 Å². The van der Waals surface area contributed by atoms with Gasteiger partial charge in [0.15, 0.2) is 0 Å². The summed E-state index contributed by atoms with van der Waals surface area (Å²) in [6.45, 7) is 6.97. The molecule has 0 aliphatic carbocycles. The molecular weight excluding hydrogens is 631 g/mol. The Hall–Kier alpha value is -1.70. The summed E-state index contributed by atoms with van der Waals surface area (Å²) in [6, 6.07) is 30.4. The largest absolute Gasteiger partial charge is 0.305 e. The van der Waals surface area contributed by atoms with Crippen molar-refractivity contribution in [3.05, 3.63) is 102 Å². The third-order valence-electron chi connectivity index (χ3n) is 4.21. The first-order chi connectivity index (χ1) is 13.9. The summed E-state index contributed by atoms with van der Waals surface area (Å²) in [4.78, 5) is 8.59. The van der Waals surface area contributed by atoms with Gasteiger partial charge in [0.05, 0.1) is 20.0 Å². The van der Waals surface area contributed by atoms with Crippen LogP contribution in [0.15, 0.2) is 89.7 Å². The summed E-state index contributed by atoms with van der Waals surface area (Å²) >= 11 is 3.41. The van der Waals surface area contributed by atoms with Crippen molar-refractivity contribution in [3.63, 3.8) is 0 Å². The van der Waals surface area contributed by atoms with Gasteiger partial charge < -0.3 is 9.97 Å². The molecule has 4 aromatic rings. The van der Waals surface area contributed by atoms with Gasteiger partial charge in [0, 0.05) is 45.1 Å². The number of pyridine rings is 2. The Morgan fingerprint density at radius 1 is 0.733 bits per heavy atom. The smallest absolute Gasteiger partial charge is 0.0515 e. The minimum Gasteiger partial charge on any atom is -0.305 e. The van der Waals surface area contributed by atoms with E-state index >= 15 is 0 Å². The fourth-order valence-electron chi connectivity index (χ4n) is 2.65. The molecule has 0 fully saturated rings. The summed E-state index contributed by atoms with van der Waals surface area (Å²) in [5.41, 5.74) is 4.05. The summed E-state index contributed by atoms with van der Waals surface area (Å²) in [6.07, 6.45) is 3.60. The Morgan fingerprint density at radius 2 is 1.27 bits per heavy atom. The van der Waals surface area contributed by atoms with Gasteiger partial charge in [-0.25, -0.2) is 0 Å². The van der Waals surface area contributed by atoms with Gasteiger partial charge in [0.2, 0.25) is 0 Å². The minimum absolute atomic E-state index is 0. The quantitative estimate of drug-likeness (QED) is 0.189. The van der Waals surface area contributed by atoms with E-state index < -0.39 is 7.26 Å². The fourth-order valence-corrected chi connectivity index (χ4v) is 4.05. The molecule has 2 nitrogen and oxygen atoms in total. The zero-order chi connectivity index (χ0) is 20.7. The molecule has 5 heteroatoms. The zero-order valence-corrected chi connectivity index (χ0v) is 22.0. The van der Waals surface area contributed by atoms with E-state index in [9.17, 15) is 0 Å². The number of rotatable bonds is 3. The molecule has 0 amide bonds. The standard InChI is InChI=1S/C14H16NP.C11H7BrN.Ir/c1-16(2,3)13-8-6-7-12(11-13)14-9-4-5-10-15-14;12-10-5-3-4-9(8-10)11-6-1-2-7-13-11;/h4-6,8-11H,1-3H3;1-3,5-8H;/q;-1;. The minimum atomic E-state index is -0.963. The van der Waals surface area contributed by atoms with E-state index in [-0.39, 0.29) is 20.1 Å². The van der Waals surface area contributed by atoms with Gasteiger partial charge >= 0.3 is 0 Å². The molecule has 0 N–H and O–H groups in total. The summed E-state index contributed by atoms with van der Waals surface area (Å²) < 4.78 is 1.05. The fraction of sp³-hybridized carbons (Fsp3) is 0.120. The van der Waals surface area contributed by atoms with E-state index in [1.807, 2.05) is 66.9 Å². The molecule has 0 saturated heterocycles. The topological polar surface area (TPSA) is 25.8 Å². The maximum atomic E-state index is 4.35. The molecule has 0 saturated carbocycles. The van der Waals surface area contributed by atoms with Crippen molar-refractivity contribution in [2.24, 2.45) is 0 Å². The van der Waals surface area contributed by atoms with Crippen molar-refractivity contribution in [2.45, 2.75) is 0 Å². The Bertz CT molecular complexity index is 1050. The van der Waals surface area contributed by atoms with Crippen LogP contribution in [-0.2, 0) is 20.1 Å². The molecule has 2 heterocycles. The third kappa shape index (κ3) is 7.22. The summed E-state index contributed by atoms with van der Waals surface area (Å²) in [5.74, 6) is 0. The number of hydrogen-bond donors (Lipinski definition) is 0. The van der Waals surface area contributed by atoms with Gasteiger partial charge in [-0.05, 0) is 23.5 Å². The van der Waals surface area contributed by atoms with Crippen molar-refractivity contribution in [2.75, 3.05) is 20.0 Å². The average molecular weight is 655 g/mol. The van der Waals surface area contributed by atoms with Crippen molar-refractivity contribution in [1.29, 1.82) is 0 Å². The Labute approximate surface area is 202 Å². The van der Waals surface area contributed by atoms with Gasteiger partial charge in [-0.1, -0.05) is 44.7 Å². The molecule has 0 bridgehead atoms. The Kier molecular flexibility index (Phi) is 9.52. The van der Waals surface area contributed by atoms with Crippen molar-refractivity contribution >= 4 is 28.5 Å². The number of benzene rings is 2. The van der Waals surface area contributed by atoms with E-state index in [1.54, 1.807) is 6.20 Å². The molecule has 4 rings (SSSR count). The molecule has 0 atom stereocenters. The van der Waals surface area contributed by atoms with Crippen LogP contribution in [0.1, 0.15) is 0 Å². The Morgan fingerprint density at radius 3 is 1.73 bits per heavy atom. The molecule has 30 heavy (non-hydrogen) atoms. The number of hydrogen-bond acceptors (Lipinski definition) is 2. The SMILES string of the molecule is Brc1cc[c-]c(-c2ccccn2)c1.C[P+](C)(C)c1cc[c-]c(-c2ccccn2)c1.[Ir]. The first-order valence-corrected chi connectivity index (χ1v) is 13.2. The summed E-state index contributed by atoms with van der Waals surface area (Å²) in [5, 5.41) is 1.42. The van der Waals surface area contributed by atoms with Crippen LogP contribution in [0.25, 0.3) is 22.5 Å². The Balaban J connectivity index is 0.000000211. The van der Waals surface area contributed by atoms with Crippen LogP contribution in [0.4, 0.5) is 0 Å². The van der Waals surface area contributed by atoms with Crippen LogP contribution in [0.5, 0.6) is 0 Å². The molecule has 0 aliphatic rings. The molecule has 0 unspecified atom stereocenters. The molecule has 0 spiro atoms. The summed E-state index contributed by atoms with van der Waals surface area (Å²) in [7, 11) is -0.963. The maximum Gasteiger partial charge on any atom is 0.0515 e. The predicted octanol–water partition coefficient (Wildman–Crippen LogP) is 6.39. The second-order valence-corrected chi connectivity index (χ2v) is 12.8. The van der Waals surface area contributed by atoms with E-state index in [0.717, 1.165) is 27.0 Å². The molecule has 2 aromatic carbocycles. The van der Waals surface area contributed by atoms with E-state index in [2.05, 4.69) is 70.2 Å². The average Bonchev–Trinajstić information content (AvgIpc) is 2.75. The normalized spacial score (nSPS) is 10.4. The number of aromatic nitrogens is 2. The van der Waals surface area contributed by atoms with Gasteiger partial charge in [-0.15, -0.1) is 59.7 Å². The predicted molar refractivity (Wildman–Crippen MR) is 129 cm³/mol. The van der Waals surface area contributed by atoms with E-state index in [1.165, 1.54) is 5.30 Å². The van der Waals surface area contributed by atoms with Gasteiger partial charge in [0.25, 0.3) is 0 Å². The zero-order valence-electron chi connectivity index (χ0n) is 17.1. The van der Waals surface area contributed by atoms with E-state index in [0.29, 0.717) is 0 Å². The monoisotopic (exact) mass is 654 g/mol. The second kappa shape index (κ2) is 11.6. The second-order valence-electron chi connectivity index (χ2n) is 7.32. The third-order valence-corrected chi connectivity index (χ3v) is 6.53. The van der Waals surface area contributed by atoms with Crippen LogP contribution in [0, 0.1) is 12.1 Å². The number of halogens is 1. The molecule has 1 radical (unpaired) electrons. The first kappa shape index (κ1) is 24.6. The van der Waals surface area contributed by atoms with Crippen LogP contribution >= 0.6 is 23.2 Å². The van der Waals surface area contributed by atoms with Gasteiger partial charge in [0.1, 0.15) is 0 Å². The van der Waals surface area contributed by atoms with Crippen LogP contribution in [0.3, 0.4) is 0 Å². The van der Waals surface area contributed by atoms with Crippen LogP contribution in [0.2, 0.25) is 0 Å². The maximum absolute atomic E-state index is 4.35. The molecule has 2 aromatic heterocycles. The number of nitrogens with zero attached hydrogens (tertiary/aromatic N) is 2.